The molecule has 1 fully saturated rings. The molecule has 14 heavy (non-hydrogen) atoms. The summed E-state index contributed by atoms with van der Waals surface area (Å²) in [6.07, 6.45) is 2.32. The third-order valence-corrected chi connectivity index (χ3v) is 3.50. The molecule has 0 atom stereocenters. The van der Waals surface area contributed by atoms with Gasteiger partial charge in [-0.05, 0) is 49.4 Å². The van der Waals surface area contributed by atoms with E-state index in [2.05, 4.69) is 6.07 Å². The number of aryl methyl sites for hydroxylation is 1. The summed E-state index contributed by atoms with van der Waals surface area (Å²) in [5.74, 6) is 0.403. The van der Waals surface area contributed by atoms with Gasteiger partial charge < -0.3 is 10.8 Å². The van der Waals surface area contributed by atoms with Gasteiger partial charge in [0, 0.05) is 12.0 Å². The molecule has 76 valence electrons. The van der Waals surface area contributed by atoms with Crippen molar-refractivity contribution in [2.24, 2.45) is 5.73 Å². The summed E-state index contributed by atoms with van der Waals surface area (Å²) >= 11 is 0. The number of benzene rings is 1. The second-order valence-electron chi connectivity index (χ2n) is 4.42. The monoisotopic (exact) mass is 191 g/mol. The van der Waals surface area contributed by atoms with Crippen LogP contribution in [-0.4, -0.2) is 11.7 Å². The van der Waals surface area contributed by atoms with E-state index in [1.165, 1.54) is 5.56 Å². The Morgan fingerprint density at radius 3 is 2.43 bits per heavy atom. The van der Waals surface area contributed by atoms with Crippen molar-refractivity contribution >= 4 is 0 Å². The van der Waals surface area contributed by atoms with Crippen molar-refractivity contribution in [2.75, 3.05) is 6.54 Å². The molecule has 0 amide bonds. The number of phenols is 1. The molecule has 3 N–H and O–H groups in total. The zero-order valence-electron chi connectivity index (χ0n) is 8.80. The summed E-state index contributed by atoms with van der Waals surface area (Å²) in [5, 5.41) is 9.73. The molecule has 1 aliphatic carbocycles. The SMILES string of the molecule is Cc1cc(C2(CN)CC2)cc(O)c1C. The second-order valence-corrected chi connectivity index (χ2v) is 4.42. The average Bonchev–Trinajstić information content (AvgIpc) is 2.94. The zero-order chi connectivity index (χ0) is 10.3. The van der Waals surface area contributed by atoms with Gasteiger partial charge >= 0.3 is 0 Å². The second kappa shape index (κ2) is 2.99. The zero-order valence-corrected chi connectivity index (χ0v) is 8.80. The van der Waals surface area contributed by atoms with E-state index in [4.69, 9.17) is 5.73 Å². The third-order valence-electron chi connectivity index (χ3n) is 3.50. The Morgan fingerprint density at radius 2 is 2.00 bits per heavy atom. The van der Waals surface area contributed by atoms with Crippen molar-refractivity contribution in [3.05, 3.63) is 28.8 Å². The van der Waals surface area contributed by atoms with Crippen LogP contribution in [0.4, 0.5) is 0 Å². The van der Waals surface area contributed by atoms with Gasteiger partial charge in [0.25, 0.3) is 0 Å². The van der Waals surface area contributed by atoms with Crippen molar-refractivity contribution in [2.45, 2.75) is 32.1 Å². The maximum atomic E-state index is 9.73. The van der Waals surface area contributed by atoms with Crippen molar-refractivity contribution < 1.29 is 5.11 Å². The van der Waals surface area contributed by atoms with Gasteiger partial charge in [-0.1, -0.05) is 6.07 Å². The lowest BCUT2D eigenvalue weighted by Gasteiger charge is -2.15. The fraction of sp³-hybridized carbons (Fsp3) is 0.500. The number of hydrogen-bond acceptors (Lipinski definition) is 2. The molecule has 0 unspecified atom stereocenters. The van der Waals surface area contributed by atoms with Crippen molar-refractivity contribution in [3.8, 4) is 5.75 Å². The van der Waals surface area contributed by atoms with Crippen molar-refractivity contribution in [1.29, 1.82) is 0 Å². The first-order chi connectivity index (χ1) is 6.59. The minimum Gasteiger partial charge on any atom is -0.508 e. The largest absolute Gasteiger partial charge is 0.508 e. The van der Waals surface area contributed by atoms with Gasteiger partial charge in [0.15, 0.2) is 0 Å². The number of nitrogens with two attached hydrogens (primary N) is 1. The van der Waals surface area contributed by atoms with E-state index in [-0.39, 0.29) is 5.41 Å². The molecule has 0 bridgehead atoms. The fourth-order valence-electron chi connectivity index (χ4n) is 1.91. The van der Waals surface area contributed by atoms with Gasteiger partial charge in [-0.3, -0.25) is 0 Å². The van der Waals surface area contributed by atoms with Crippen LogP contribution >= 0.6 is 0 Å². The van der Waals surface area contributed by atoms with E-state index in [0.29, 0.717) is 12.3 Å². The van der Waals surface area contributed by atoms with Gasteiger partial charge in [0.1, 0.15) is 5.75 Å². The third kappa shape index (κ3) is 1.30. The predicted octanol–water partition coefficient (Wildman–Crippen LogP) is 2.00. The number of aromatic hydroxyl groups is 1. The Bertz CT molecular complexity index is 344. The van der Waals surface area contributed by atoms with Crippen molar-refractivity contribution in [1.82, 2.24) is 0 Å². The summed E-state index contributed by atoms with van der Waals surface area (Å²) in [4.78, 5) is 0. The molecule has 0 saturated heterocycles. The van der Waals surface area contributed by atoms with Crippen LogP contribution in [0.3, 0.4) is 0 Å². The number of phenolic OH excluding ortho intramolecular Hbond substituents is 1. The molecule has 0 aromatic heterocycles. The molecule has 1 saturated carbocycles. The Labute approximate surface area is 84.7 Å². The first-order valence-electron chi connectivity index (χ1n) is 5.10. The molecule has 2 rings (SSSR count). The lowest BCUT2D eigenvalue weighted by molar-refractivity contribution is 0.468. The van der Waals surface area contributed by atoms with Gasteiger partial charge in [-0.2, -0.15) is 0 Å². The van der Waals surface area contributed by atoms with Crippen LogP contribution in [0.15, 0.2) is 12.1 Å². The molecule has 1 aliphatic rings. The first-order valence-corrected chi connectivity index (χ1v) is 5.10. The normalized spacial score (nSPS) is 18.2. The maximum absolute atomic E-state index is 9.73. The van der Waals surface area contributed by atoms with E-state index >= 15 is 0 Å². The van der Waals surface area contributed by atoms with E-state index in [9.17, 15) is 5.11 Å². The highest BCUT2D eigenvalue weighted by Gasteiger charge is 2.43. The minimum absolute atomic E-state index is 0.177. The predicted molar refractivity (Wildman–Crippen MR) is 57.5 cm³/mol. The highest BCUT2D eigenvalue weighted by molar-refractivity contribution is 5.46. The highest BCUT2D eigenvalue weighted by Crippen LogP contribution is 2.48. The first kappa shape index (κ1) is 9.53. The Kier molecular flexibility index (Phi) is 2.04. The lowest BCUT2D eigenvalue weighted by Crippen LogP contribution is -2.19. The molecule has 1 aromatic carbocycles. The summed E-state index contributed by atoms with van der Waals surface area (Å²) in [5.41, 5.74) is 9.27. The van der Waals surface area contributed by atoms with E-state index in [1.54, 1.807) is 0 Å². The smallest absolute Gasteiger partial charge is 0.119 e. The topological polar surface area (TPSA) is 46.2 Å². The summed E-state index contributed by atoms with van der Waals surface area (Å²) in [6, 6.07) is 4.04. The lowest BCUT2D eigenvalue weighted by atomic mass is 9.92. The van der Waals surface area contributed by atoms with Crippen molar-refractivity contribution in [3.63, 3.8) is 0 Å². The van der Waals surface area contributed by atoms with Crippen LogP contribution in [0.1, 0.15) is 29.5 Å². The van der Waals surface area contributed by atoms with Gasteiger partial charge in [-0.15, -0.1) is 0 Å². The van der Waals surface area contributed by atoms with Gasteiger partial charge in [0.2, 0.25) is 0 Å². The molecule has 2 heteroatoms. The summed E-state index contributed by atoms with van der Waals surface area (Å²) in [6.45, 7) is 4.66. The molecule has 2 nitrogen and oxygen atoms in total. The Hall–Kier alpha value is -1.02. The molecule has 0 heterocycles. The maximum Gasteiger partial charge on any atom is 0.119 e. The molecule has 0 radical (unpaired) electrons. The Balaban J connectivity index is 2.46. The summed E-state index contributed by atoms with van der Waals surface area (Å²) in [7, 11) is 0. The quantitative estimate of drug-likeness (QED) is 0.751. The van der Waals surface area contributed by atoms with Crippen LogP contribution in [0.25, 0.3) is 0 Å². The van der Waals surface area contributed by atoms with Crippen LogP contribution in [0, 0.1) is 13.8 Å². The highest BCUT2D eigenvalue weighted by atomic mass is 16.3. The number of rotatable bonds is 2. The standard InChI is InChI=1S/C12H17NO/c1-8-5-10(6-11(14)9(8)2)12(7-13)3-4-12/h5-6,14H,3-4,7,13H2,1-2H3. The fourth-order valence-corrected chi connectivity index (χ4v) is 1.91. The van der Waals surface area contributed by atoms with Crippen LogP contribution in [0.5, 0.6) is 5.75 Å². The van der Waals surface area contributed by atoms with E-state index < -0.39 is 0 Å². The minimum atomic E-state index is 0.177. The van der Waals surface area contributed by atoms with Crippen LogP contribution < -0.4 is 5.73 Å². The van der Waals surface area contributed by atoms with Crippen LogP contribution in [-0.2, 0) is 5.41 Å². The molecular weight excluding hydrogens is 174 g/mol. The van der Waals surface area contributed by atoms with Gasteiger partial charge in [0.05, 0.1) is 0 Å². The average molecular weight is 191 g/mol. The van der Waals surface area contributed by atoms with Crippen LogP contribution in [0.2, 0.25) is 0 Å². The van der Waals surface area contributed by atoms with E-state index in [1.807, 2.05) is 19.9 Å². The molecule has 1 aromatic rings. The van der Waals surface area contributed by atoms with E-state index in [0.717, 1.165) is 24.0 Å². The Morgan fingerprint density at radius 1 is 1.36 bits per heavy atom. The number of hydrogen-bond donors (Lipinski definition) is 2. The molecular formula is C12H17NO. The van der Waals surface area contributed by atoms with Gasteiger partial charge in [-0.25, -0.2) is 0 Å². The summed E-state index contributed by atoms with van der Waals surface area (Å²) < 4.78 is 0. The molecule has 0 aliphatic heterocycles. The molecule has 0 spiro atoms.